The van der Waals surface area contributed by atoms with Crippen molar-refractivity contribution >= 4 is 36.2 Å². The van der Waals surface area contributed by atoms with Crippen LogP contribution in [-0.4, -0.2) is 46.8 Å². The van der Waals surface area contributed by atoms with E-state index in [1.165, 1.54) is 27.7 Å². The van der Waals surface area contributed by atoms with Gasteiger partial charge in [0.15, 0.2) is 0 Å². The predicted octanol–water partition coefficient (Wildman–Crippen LogP) is 4.21. The minimum atomic E-state index is -1.68. The maximum atomic E-state index is 13.8. The Labute approximate surface area is 236 Å². The van der Waals surface area contributed by atoms with Crippen molar-refractivity contribution in [3.63, 3.8) is 0 Å². The molecule has 2 saturated heterocycles. The van der Waals surface area contributed by atoms with Gasteiger partial charge in [0.1, 0.15) is 5.75 Å². The maximum absolute atomic E-state index is 13.8. The molecule has 0 spiro atoms. The van der Waals surface area contributed by atoms with Crippen LogP contribution in [0.3, 0.4) is 0 Å². The molecule has 1 aliphatic carbocycles. The third-order valence-corrected chi connectivity index (χ3v) is 8.63. The summed E-state index contributed by atoms with van der Waals surface area (Å²) in [7, 11) is -1.68. The molecular weight excluding hydrogens is 505 g/mol. The number of allylic oxidation sites excluding steroid dienone is 2. The summed E-state index contributed by atoms with van der Waals surface area (Å²) in [6, 6.07) is 13.6. The number of imide groups is 1. The molecule has 2 fully saturated rings. The summed E-state index contributed by atoms with van der Waals surface area (Å²) in [5.41, 5.74) is 5.44. The number of carbonyl (C=O) groups excluding carboxylic acids is 2. The zero-order valence-electron chi connectivity index (χ0n) is 23.4. The third-order valence-electron chi connectivity index (χ3n) is 8.63. The van der Waals surface area contributed by atoms with Gasteiger partial charge in [-0.15, -0.1) is 0 Å². The maximum Gasteiger partial charge on any atom is 0.488 e. The normalized spacial score (nSPS) is 24.6. The van der Waals surface area contributed by atoms with E-state index in [1.807, 2.05) is 12.1 Å². The number of phenols is 1. The van der Waals surface area contributed by atoms with E-state index in [1.54, 1.807) is 30.3 Å². The van der Waals surface area contributed by atoms with Crippen LogP contribution in [0, 0.1) is 23.7 Å². The molecule has 7 nitrogen and oxygen atoms in total. The van der Waals surface area contributed by atoms with Crippen LogP contribution in [0.5, 0.6) is 5.75 Å². The molecule has 0 aromatic heterocycles. The lowest BCUT2D eigenvalue weighted by atomic mass is 9.67. The number of anilines is 1. The standard InChI is InChI=1S/C32H38BNO6/c1-4-6-20(15-21-9-12-24(35)13-10-21)11-14-28-29-25(19(2)3)17-26-30(27(29)18-40-28)32(37)34(31(26)36)23-8-5-7-22(16-23)33(38)39/h5,7-10,12-13,15-16,19,26-28,30,35,38-39H,4,6,11,14,17-18H2,1-3H3/b20-15+/t26-,27+,28-,30-/m1/s1. The number of aromatic hydroxyl groups is 1. The summed E-state index contributed by atoms with van der Waals surface area (Å²) in [4.78, 5) is 28.7. The zero-order chi connectivity index (χ0) is 28.6. The van der Waals surface area contributed by atoms with Gasteiger partial charge in [-0.25, -0.2) is 0 Å². The SMILES string of the molecule is CCC/C(=C\c1ccc(O)cc1)CC[C@H]1OC[C@H]2C1=C(C(C)C)C[C@H]1C(=O)N(c3cccc(B(O)O)c3)C(=O)[C@H]12. The molecule has 40 heavy (non-hydrogen) atoms. The van der Waals surface area contributed by atoms with Crippen LogP contribution in [0.2, 0.25) is 0 Å². The number of benzene rings is 2. The number of ether oxygens (including phenoxy) is 1. The van der Waals surface area contributed by atoms with Gasteiger partial charge in [-0.3, -0.25) is 14.5 Å². The van der Waals surface area contributed by atoms with Crippen molar-refractivity contribution in [1.29, 1.82) is 0 Å². The van der Waals surface area contributed by atoms with Crippen LogP contribution in [0.1, 0.15) is 58.4 Å². The van der Waals surface area contributed by atoms with Crippen molar-refractivity contribution in [2.75, 3.05) is 11.5 Å². The fourth-order valence-corrected chi connectivity index (χ4v) is 6.75. The Morgan fingerprint density at radius 3 is 2.50 bits per heavy atom. The lowest BCUT2D eigenvalue weighted by molar-refractivity contribution is -0.122. The first-order valence-corrected chi connectivity index (χ1v) is 14.4. The Hall–Kier alpha value is -3.20. The van der Waals surface area contributed by atoms with Gasteiger partial charge in [0.2, 0.25) is 11.8 Å². The fraction of sp³-hybridized carbons (Fsp3) is 0.438. The number of carbonyl (C=O) groups is 2. The lowest BCUT2D eigenvalue weighted by Gasteiger charge is -2.33. The molecule has 0 saturated carbocycles. The summed E-state index contributed by atoms with van der Waals surface area (Å²) in [5.74, 6) is -1.01. The minimum Gasteiger partial charge on any atom is -0.508 e. The molecule has 8 heteroatoms. The lowest BCUT2D eigenvalue weighted by Crippen LogP contribution is -2.36. The average molecular weight is 543 g/mol. The van der Waals surface area contributed by atoms with Crippen LogP contribution < -0.4 is 10.4 Å². The van der Waals surface area contributed by atoms with Crippen LogP contribution >= 0.6 is 0 Å². The van der Waals surface area contributed by atoms with Gasteiger partial charge in [0, 0.05) is 5.92 Å². The van der Waals surface area contributed by atoms with E-state index in [-0.39, 0.29) is 41.0 Å². The topological polar surface area (TPSA) is 107 Å². The molecule has 3 aliphatic rings. The van der Waals surface area contributed by atoms with E-state index in [0.717, 1.165) is 31.2 Å². The number of fused-ring (bicyclic) bond motifs is 3. The molecule has 3 N–H and O–H groups in total. The van der Waals surface area contributed by atoms with Crippen molar-refractivity contribution in [2.24, 2.45) is 23.7 Å². The molecule has 210 valence electrons. The highest BCUT2D eigenvalue weighted by molar-refractivity contribution is 6.58. The number of amides is 2. The molecule has 0 unspecified atom stereocenters. The molecule has 5 rings (SSSR count). The zero-order valence-corrected chi connectivity index (χ0v) is 23.4. The second-order valence-electron chi connectivity index (χ2n) is 11.6. The van der Waals surface area contributed by atoms with Gasteiger partial charge in [-0.05, 0) is 72.5 Å². The van der Waals surface area contributed by atoms with E-state index in [0.29, 0.717) is 18.7 Å². The Kier molecular flexibility index (Phi) is 8.31. The molecule has 4 atom stereocenters. The monoisotopic (exact) mass is 543 g/mol. The van der Waals surface area contributed by atoms with Gasteiger partial charge >= 0.3 is 7.12 Å². The van der Waals surface area contributed by atoms with Gasteiger partial charge in [0.05, 0.1) is 30.2 Å². The molecule has 0 bridgehead atoms. The summed E-state index contributed by atoms with van der Waals surface area (Å²) >= 11 is 0. The van der Waals surface area contributed by atoms with Crippen molar-refractivity contribution in [3.8, 4) is 5.75 Å². The highest BCUT2D eigenvalue weighted by atomic mass is 16.5. The van der Waals surface area contributed by atoms with Gasteiger partial charge < -0.3 is 19.9 Å². The second-order valence-corrected chi connectivity index (χ2v) is 11.6. The van der Waals surface area contributed by atoms with Crippen molar-refractivity contribution in [2.45, 2.75) is 59.0 Å². The summed E-state index contributed by atoms with van der Waals surface area (Å²) in [6.45, 7) is 6.88. The molecule has 2 aliphatic heterocycles. The molecule has 2 amide bonds. The van der Waals surface area contributed by atoms with E-state index >= 15 is 0 Å². The van der Waals surface area contributed by atoms with Crippen LogP contribution in [-0.2, 0) is 14.3 Å². The van der Waals surface area contributed by atoms with Gasteiger partial charge in [0.25, 0.3) is 0 Å². The molecule has 2 aromatic carbocycles. The minimum absolute atomic E-state index is 0.0896. The van der Waals surface area contributed by atoms with Crippen molar-refractivity contribution < 1.29 is 29.5 Å². The first-order chi connectivity index (χ1) is 19.2. The van der Waals surface area contributed by atoms with Crippen LogP contribution in [0.4, 0.5) is 5.69 Å². The first kappa shape index (κ1) is 28.3. The number of hydrogen-bond donors (Lipinski definition) is 3. The summed E-state index contributed by atoms with van der Waals surface area (Å²) in [5, 5.41) is 28.9. The van der Waals surface area contributed by atoms with E-state index in [2.05, 4.69) is 26.8 Å². The van der Waals surface area contributed by atoms with Crippen molar-refractivity contribution in [3.05, 3.63) is 70.8 Å². The molecule has 2 heterocycles. The molecular formula is C32H38BNO6. The smallest absolute Gasteiger partial charge is 0.488 e. The predicted molar refractivity (Wildman–Crippen MR) is 156 cm³/mol. The third kappa shape index (κ3) is 5.40. The highest BCUT2D eigenvalue weighted by Crippen LogP contribution is 2.52. The Morgan fingerprint density at radius 2 is 1.82 bits per heavy atom. The second kappa shape index (κ2) is 11.7. The Bertz CT molecular complexity index is 1330. The van der Waals surface area contributed by atoms with E-state index in [9.17, 15) is 24.7 Å². The Morgan fingerprint density at radius 1 is 1.07 bits per heavy atom. The van der Waals surface area contributed by atoms with E-state index in [4.69, 9.17) is 4.74 Å². The summed E-state index contributed by atoms with van der Waals surface area (Å²) in [6.07, 6.45) is 6.33. The largest absolute Gasteiger partial charge is 0.508 e. The summed E-state index contributed by atoms with van der Waals surface area (Å²) < 4.78 is 6.39. The van der Waals surface area contributed by atoms with Crippen LogP contribution in [0.15, 0.2) is 65.3 Å². The van der Waals surface area contributed by atoms with Gasteiger partial charge in [-0.1, -0.05) is 68.7 Å². The number of hydrogen-bond acceptors (Lipinski definition) is 6. The van der Waals surface area contributed by atoms with E-state index < -0.39 is 19.0 Å². The first-order valence-electron chi connectivity index (χ1n) is 14.4. The quantitative estimate of drug-likeness (QED) is 0.249. The average Bonchev–Trinajstić information content (AvgIpc) is 3.46. The highest BCUT2D eigenvalue weighted by Gasteiger charge is 2.57. The van der Waals surface area contributed by atoms with Gasteiger partial charge in [-0.2, -0.15) is 0 Å². The van der Waals surface area contributed by atoms with Crippen molar-refractivity contribution in [1.82, 2.24) is 0 Å². The number of rotatable bonds is 9. The number of phenolic OH excluding ortho intramolecular Hbond substituents is 1. The number of nitrogens with zero attached hydrogens (tertiary/aromatic N) is 1. The Balaban J connectivity index is 1.39. The molecule has 2 aromatic rings. The fourth-order valence-electron chi connectivity index (χ4n) is 6.75. The van der Waals surface area contributed by atoms with Crippen LogP contribution in [0.25, 0.3) is 6.08 Å². The molecule has 0 radical (unpaired) electrons.